The zero-order valence-corrected chi connectivity index (χ0v) is 15.7. The van der Waals surface area contributed by atoms with Crippen molar-refractivity contribution in [2.45, 2.75) is 13.0 Å². The van der Waals surface area contributed by atoms with E-state index >= 15 is 0 Å². The molecule has 0 aliphatic rings. The highest BCUT2D eigenvalue weighted by atomic mass is 31.1. The number of likely N-dealkylation sites (N-methyl/N-ethyl adjacent to an activating group) is 1. The average Bonchev–Trinajstić information content (AvgIpc) is 3.12. The fourth-order valence-electron chi connectivity index (χ4n) is 3.15. The van der Waals surface area contributed by atoms with Crippen LogP contribution in [0, 0.1) is 0 Å². The molecule has 130 valence electrons. The van der Waals surface area contributed by atoms with Crippen LogP contribution in [0.2, 0.25) is 0 Å². The molecule has 3 aromatic carbocycles. The second kappa shape index (κ2) is 8.49. The summed E-state index contributed by atoms with van der Waals surface area (Å²) in [5.74, 6) is 0. The number of hydrogen-bond donors (Lipinski definition) is 1. The maximum absolute atomic E-state index is 9.28. The van der Waals surface area contributed by atoms with Gasteiger partial charge in [-0.15, -0.1) is 10.9 Å². The van der Waals surface area contributed by atoms with Gasteiger partial charge in [-0.3, -0.25) is 0 Å². The Labute approximate surface area is 151 Å². The fraction of sp³-hybridized carbons (Fsp3) is 0.227. The zero-order valence-electron chi connectivity index (χ0n) is 14.8. The highest BCUT2D eigenvalue weighted by Gasteiger charge is 2.18. The van der Waals surface area contributed by atoms with Gasteiger partial charge in [-0.1, -0.05) is 67.6 Å². The minimum Gasteiger partial charge on any atom is -0.395 e. The second-order valence-electron chi connectivity index (χ2n) is 6.25. The molecule has 0 aliphatic carbocycles. The molecule has 2 nitrogen and oxygen atoms in total. The van der Waals surface area contributed by atoms with E-state index in [1.54, 1.807) is 0 Å². The molecule has 0 spiro atoms. The summed E-state index contributed by atoms with van der Waals surface area (Å²) in [5, 5.41) is 13.4. The number of nitrogens with zero attached hydrogens (tertiary/aromatic N) is 1. The van der Waals surface area contributed by atoms with Crippen LogP contribution in [0.15, 0.2) is 78.9 Å². The summed E-state index contributed by atoms with van der Waals surface area (Å²) in [6.45, 7) is 3.08. The van der Waals surface area contributed by atoms with Crippen LogP contribution in [0.3, 0.4) is 0 Å². The molecule has 0 aromatic heterocycles. The lowest BCUT2D eigenvalue weighted by Gasteiger charge is -2.32. The second-order valence-corrected chi connectivity index (χ2v) is 8.44. The van der Waals surface area contributed by atoms with Crippen molar-refractivity contribution < 1.29 is 5.11 Å². The minimum atomic E-state index is -0.585. The molecule has 1 atom stereocenters. The summed E-state index contributed by atoms with van der Waals surface area (Å²) in [6, 6.07) is 28.5. The van der Waals surface area contributed by atoms with Gasteiger partial charge < -0.3 is 10.0 Å². The van der Waals surface area contributed by atoms with Crippen LogP contribution in [0.5, 0.6) is 0 Å². The molecule has 3 rings (SSSR count). The van der Waals surface area contributed by atoms with Crippen molar-refractivity contribution in [2.24, 2.45) is 0 Å². The first-order chi connectivity index (χ1) is 12.2. The van der Waals surface area contributed by atoms with Crippen LogP contribution >= 0.6 is 7.92 Å². The number of rotatable bonds is 7. The molecule has 0 heterocycles. The Morgan fingerprint density at radius 3 is 2.00 bits per heavy atom. The Kier molecular flexibility index (Phi) is 6.09. The molecule has 0 saturated carbocycles. The third-order valence-electron chi connectivity index (χ3n) is 4.66. The van der Waals surface area contributed by atoms with Gasteiger partial charge in [-0.05, 0) is 31.6 Å². The molecule has 0 unspecified atom stereocenters. The number of hydrogen-bond acceptors (Lipinski definition) is 2. The normalized spacial score (nSPS) is 12.7. The van der Waals surface area contributed by atoms with Gasteiger partial charge in [0, 0.05) is 6.54 Å². The Morgan fingerprint density at radius 1 is 0.920 bits per heavy atom. The lowest BCUT2D eigenvalue weighted by Crippen LogP contribution is -2.30. The first-order valence-electron chi connectivity index (χ1n) is 8.69. The fourth-order valence-corrected chi connectivity index (χ4v) is 5.70. The van der Waals surface area contributed by atoms with E-state index in [9.17, 15) is 5.11 Å². The van der Waals surface area contributed by atoms with Gasteiger partial charge in [0.05, 0.1) is 6.61 Å². The predicted octanol–water partition coefficient (Wildman–Crippen LogP) is 3.15. The Hall–Kier alpha value is -1.86. The van der Waals surface area contributed by atoms with E-state index in [1.165, 1.54) is 21.5 Å². The van der Waals surface area contributed by atoms with Crippen molar-refractivity contribution in [2.75, 3.05) is 20.2 Å². The standard InChI is InChI=1S/C22H25NOP/c1-18(23(2)16-17-24)21-14-9-15-22(21)25(19-10-5-3-6-11-19)20-12-7-4-8-13-20/h3-15,18,24H,16-17H2,1-2H3/q-1/t18-/m1/s1. The van der Waals surface area contributed by atoms with Crippen molar-refractivity contribution in [3.63, 3.8) is 0 Å². The maximum atomic E-state index is 9.28. The van der Waals surface area contributed by atoms with Gasteiger partial charge in [0.15, 0.2) is 0 Å². The SMILES string of the molecule is C[C@H]([c-]1cccc1P(c1ccccc1)c1ccccc1)N(C)CCO. The molecule has 1 N–H and O–H groups in total. The minimum absolute atomic E-state index is 0.184. The molecule has 0 saturated heterocycles. The summed E-state index contributed by atoms with van der Waals surface area (Å²) >= 11 is 0. The smallest absolute Gasteiger partial charge is 0.0558 e. The average molecular weight is 350 g/mol. The van der Waals surface area contributed by atoms with Crippen molar-refractivity contribution in [1.29, 1.82) is 0 Å². The summed E-state index contributed by atoms with van der Waals surface area (Å²) in [4.78, 5) is 2.21. The molecule has 25 heavy (non-hydrogen) atoms. The van der Waals surface area contributed by atoms with Crippen LogP contribution in [0.1, 0.15) is 18.5 Å². The van der Waals surface area contributed by atoms with Crippen molar-refractivity contribution in [3.05, 3.63) is 84.4 Å². The van der Waals surface area contributed by atoms with Crippen LogP contribution in [-0.2, 0) is 0 Å². The lowest BCUT2D eigenvalue weighted by molar-refractivity contribution is 0.189. The monoisotopic (exact) mass is 350 g/mol. The van der Waals surface area contributed by atoms with Gasteiger partial charge >= 0.3 is 0 Å². The van der Waals surface area contributed by atoms with Crippen molar-refractivity contribution >= 4 is 23.8 Å². The van der Waals surface area contributed by atoms with E-state index in [-0.39, 0.29) is 12.6 Å². The van der Waals surface area contributed by atoms with Gasteiger partial charge in [-0.25, -0.2) is 12.1 Å². The van der Waals surface area contributed by atoms with Gasteiger partial charge in [0.2, 0.25) is 0 Å². The van der Waals surface area contributed by atoms with Crippen molar-refractivity contribution in [1.82, 2.24) is 4.90 Å². The molecular formula is C22H25NOP-. The molecule has 0 radical (unpaired) electrons. The van der Waals surface area contributed by atoms with Crippen LogP contribution in [0.25, 0.3) is 0 Å². The largest absolute Gasteiger partial charge is 0.395 e. The number of aliphatic hydroxyl groups is 1. The highest BCUT2D eigenvalue weighted by molar-refractivity contribution is 7.79. The maximum Gasteiger partial charge on any atom is 0.0558 e. The van der Waals surface area contributed by atoms with Gasteiger partial charge in [0.25, 0.3) is 0 Å². The van der Waals surface area contributed by atoms with E-state index in [0.717, 1.165) is 0 Å². The van der Waals surface area contributed by atoms with Crippen LogP contribution < -0.4 is 15.9 Å². The van der Waals surface area contributed by atoms with Gasteiger partial charge in [0.1, 0.15) is 0 Å². The van der Waals surface area contributed by atoms with E-state index in [1.807, 2.05) is 0 Å². The molecule has 3 heteroatoms. The van der Waals surface area contributed by atoms with E-state index in [0.29, 0.717) is 6.54 Å². The Morgan fingerprint density at radius 2 is 1.48 bits per heavy atom. The van der Waals surface area contributed by atoms with E-state index < -0.39 is 7.92 Å². The van der Waals surface area contributed by atoms with Crippen LogP contribution in [-0.4, -0.2) is 30.2 Å². The summed E-state index contributed by atoms with van der Waals surface area (Å²) in [6.07, 6.45) is 0. The first kappa shape index (κ1) is 17.9. The predicted molar refractivity (Wildman–Crippen MR) is 109 cm³/mol. The van der Waals surface area contributed by atoms with Gasteiger partial charge in [-0.2, -0.15) is 6.07 Å². The Balaban J connectivity index is 2.05. The summed E-state index contributed by atoms with van der Waals surface area (Å²) < 4.78 is 0. The lowest BCUT2D eigenvalue weighted by atomic mass is 10.1. The van der Waals surface area contributed by atoms with E-state index in [2.05, 4.69) is 97.7 Å². The summed E-state index contributed by atoms with van der Waals surface area (Å²) in [7, 11) is 1.49. The Bertz CT molecular complexity index is 729. The summed E-state index contributed by atoms with van der Waals surface area (Å²) in [5.41, 5.74) is 1.36. The molecule has 0 bridgehead atoms. The van der Waals surface area contributed by atoms with Crippen molar-refractivity contribution in [3.8, 4) is 0 Å². The highest BCUT2D eigenvalue weighted by Crippen LogP contribution is 2.36. The number of aliphatic hydroxyl groups excluding tert-OH is 1. The molecule has 3 aromatic rings. The van der Waals surface area contributed by atoms with E-state index in [4.69, 9.17) is 0 Å². The molecular weight excluding hydrogens is 325 g/mol. The zero-order chi connectivity index (χ0) is 17.6. The van der Waals surface area contributed by atoms with Crippen LogP contribution in [0.4, 0.5) is 0 Å². The molecule has 0 amide bonds. The third-order valence-corrected chi connectivity index (χ3v) is 7.18. The number of benzene rings is 2. The quantitative estimate of drug-likeness (QED) is 0.523. The molecule has 0 fully saturated rings. The first-order valence-corrected chi connectivity index (χ1v) is 10.0. The third kappa shape index (κ3) is 4.04. The molecule has 0 aliphatic heterocycles. The topological polar surface area (TPSA) is 23.5 Å².